The van der Waals surface area contributed by atoms with Crippen LogP contribution in [0.25, 0.3) is 0 Å². The number of nitro groups is 1. The third-order valence-electron chi connectivity index (χ3n) is 5.35. The largest absolute Gasteiger partial charge is 0.456 e. The standard InChI is InChI=1S/C23H23ClF3NO4S/c24-19-12-15(10-11-23(25,26)27)6-9-21(19)32-17-7-8-20(28(30)31)16(13-17)14-22(29)33-18-4-2-1-3-5-18/h6-9,12-13,18H,1-5,10-11,14H2. The molecule has 3 rings (SSSR count). The summed E-state index contributed by atoms with van der Waals surface area (Å²) in [7, 11) is 0. The fourth-order valence-corrected chi connectivity index (χ4v) is 5.13. The zero-order valence-electron chi connectivity index (χ0n) is 17.7. The van der Waals surface area contributed by atoms with Gasteiger partial charge in [0.15, 0.2) is 5.12 Å². The van der Waals surface area contributed by atoms with Gasteiger partial charge in [-0.15, -0.1) is 0 Å². The second-order valence-electron chi connectivity index (χ2n) is 7.96. The van der Waals surface area contributed by atoms with Crippen molar-refractivity contribution in [2.24, 2.45) is 0 Å². The van der Waals surface area contributed by atoms with Gasteiger partial charge in [-0.3, -0.25) is 14.9 Å². The minimum Gasteiger partial charge on any atom is -0.456 e. The number of rotatable bonds is 8. The molecule has 0 unspecified atom stereocenters. The van der Waals surface area contributed by atoms with Crippen LogP contribution < -0.4 is 4.74 Å². The van der Waals surface area contributed by atoms with Crippen molar-refractivity contribution in [3.05, 3.63) is 62.7 Å². The molecule has 2 aromatic rings. The Balaban J connectivity index is 1.72. The van der Waals surface area contributed by atoms with Gasteiger partial charge in [-0.1, -0.05) is 48.7 Å². The third kappa shape index (κ3) is 7.92. The number of benzene rings is 2. The molecule has 0 atom stereocenters. The second kappa shape index (κ2) is 11.2. The van der Waals surface area contributed by atoms with Crippen LogP contribution in [0.5, 0.6) is 11.5 Å². The number of ether oxygens (including phenoxy) is 1. The third-order valence-corrected chi connectivity index (χ3v) is 6.86. The monoisotopic (exact) mass is 501 g/mol. The molecule has 1 saturated carbocycles. The molecule has 0 heterocycles. The highest BCUT2D eigenvalue weighted by molar-refractivity contribution is 8.14. The molecule has 0 N–H and O–H groups in total. The van der Waals surface area contributed by atoms with Crippen LogP contribution in [0.2, 0.25) is 5.02 Å². The molecule has 0 saturated heterocycles. The highest BCUT2D eigenvalue weighted by atomic mass is 35.5. The van der Waals surface area contributed by atoms with Crippen molar-refractivity contribution in [1.29, 1.82) is 0 Å². The molecular weight excluding hydrogens is 479 g/mol. The lowest BCUT2D eigenvalue weighted by Gasteiger charge is -2.20. The van der Waals surface area contributed by atoms with Crippen LogP contribution >= 0.6 is 23.4 Å². The van der Waals surface area contributed by atoms with Gasteiger partial charge in [-0.25, -0.2) is 0 Å². The summed E-state index contributed by atoms with van der Waals surface area (Å²) in [5.41, 5.74) is 0.483. The van der Waals surface area contributed by atoms with E-state index in [4.69, 9.17) is 16.3 Å². The zero-order chi connectivity index (χ0) is 24.0. The molecule has 0 aromatic heterocycles. The van der Waals surface area contributed by atoms with Gasteiger partial charge in [-0.05, 0) is 49.1 Å². The summed E-state index contributed by atoms with van der Waals surface area (Å²) in [6.45, 7) is 0. The maximum atomic E-state index is 12.5. The Hall–Kier alpha value is -2.26. The number of thioether (sulfide) groups is 1. The van der Waals surface area contributed by atoms with E-state index in [1.807, 2.05) is 0 Å². The van der Waals surface area contributed by atoms with E-state index in [2.05, 4.69) is 0 Å². The molecule has 178 valence electrons. The van der Waals surface area contributed by atoms with E-state index in [0.29, 0.717) is 5.56 Å². The molecule has 0 bridgehead atoms. The van der Waals surface area contributed by atoms with Gasteiger partial charge in [-0.2, -0.15) is 13.2 Å². The zero-order valence-corrected chi connectivity index (χ0v) is 19.3. The fourth-order valence-electron chi connectivity index (χ4n) is 3.71. The Labute approximate surface area is 198 Å². The lowest BCUT2D eigenvalue weighted by molar-refractivity contribution is -0.385. The molecule has 1 aliphatic rings. The van der Waals surface area contributed by atoms with Crippen LogP contribution in [0, 0.1) is 10.1 Å². The van der Waals surface area contributed by atoms with E-state index in [9.17, 15) is 28.1 Å². The number of carbonyl (C=O) groups excluding carboxylic acids is 1. The number of alkyl halides is 3. The highest BCUT2D eigenvalue weighted by Crippen LogP contribution is 2.35. The van der Waals surface area contributed by atoms with Crippen LogP contribution in [-0.4, -0.2) is 21.5 Å². The Morgan fingerprint density at radius 1 is 1.15 bits per heavy atom. The van der Waals surface area contributed by atoms with E-state index in [0.717, 1.165) is 25.7 Å². The predicted octanol–water partition coefficient (Wildman–Crippen LogP) is 7.67. The first-order chi connectivity index (χ1) is 15.6. The first-order valence-electron chi connectivity index (χ1n) is 10.6. The van der Waals surface area contributed by atoms with Crippen molar-refractivity contribution in [3.63, 3.8) is 0 Å². The summed E-state index contributed by atoms with van der Waals surface area (Å²) in [5, 5.41) is 11.7. The Bertz CT molecular complexity index is 1010. The summed E-state index contributed by atoms with van der Waals surface area (Å²) in [5.74, 6) is 0.450. The average Bonchev–Trinajstić information content (AvgIpc) is 2.74. The summed E-state index contributed by atoms with van der Waals surface area (Å²) >= 11 is 7.42. The summed E-state index contributed by atoms with van der Waals surface area (Å²) in [6, 6.07) is 8.45. The molecule has 33 heavy (non-hydrogen) atoms. The van der Waals surface area contributed by atoms with Crippen LogP contribution in [-0.2, 0) is 17.6 Å². The number of aryl methyl sites for hydroxylation is 1. The maximum Gasteiger partial charge on any atom is 0.389 e. The Kier molecular flexibility index (Phi) is 8.64. The van der Waals surface area contributed by atoms with Gasteiger partial charge < -0.3 is 4.74 Å². The molecule has 0 radical (unpaired) electrons. The lowest BCUT2D eigenvalue weighted by atomic mass is 10.0. The number of nitrogens with zero attached hydrogens (tertiary/aromatic N) is 1. The number of nitro benzene ring substituents is 1. The molecule has 5 nitrogen and oxygen atoms in total. The quantitative estimate of drug-likeness (QED) is 0.274. The number of hydrogen-bond donors (Lipinski definition) is 0. The molecular formula is C23H23ClF3NO4S. The number of halogens is 4. The van der Waals surface area contributed by atoms with Gasteiger partial charge in [0.1, 0.15) is 11.5 Å². The van der Waals surface area contributed by atoms with Gasteiger partial charge in [0.2, 0.25) is 0 Å². The van der Waals surface area contributed by atoms with E-state index in [-0.39, 0.29) is 51.0 Å². The fraction of sp³-hybridized carbons (Fsp3) is 0.435. The van der Waals surface area contributed by atoms with E-state index < -0.39 is 17.5 Å². The van der Waals surface area contributed by atoms with E-state index >= 15 is 0 Å². The molecule has 0 aliphatic heterocycles. The predicted molar refractivity (Wildman–Crippen MR) is 122 cm³/mol. The lowest BCUT2D eigenvalue weighted by Crippen LogP contribution is -2.12. The molecule has 1 aliphatic carbocycles. The van der Waals surface area contributed by atoms with Gasteiger partial charge >= 0.3 is 6.18 Å². The molecule has 1 fully saturated rings. The first-order valence-corrected chi connectivity index (χ1v) is 11.9. The molecule has 0 spiro atoms. The van der Waals surface area contributed by atoms with Gasteiger partial charge in [0.05, 0.1) is 9.95 Å². The van der Waals surface area contributed by atoms with Gasteiger partial charge in [0.25, 0.3) is 5.69 Å². The molecule has 2 aromatic carbocycles. The summed E-state index contributed by atoms with van der Waals surface area (Å²) < 4.78 is 43.0. The molecule has 10 heteroatoms. The minimum atomic E-state index is -4.26. The van der Waals surface area contributed by atoms with E-state index in [1.54, 1.807) is 0 Å². The van der Waals surface area contributed by atoms with Crippen LogP contribution in [0.4, 0.5) is 18.9 Å². The smallest absolute Gasteiger partial charge is 0.389 e. The first kappa shape index (κ1) is 25.4. The number of hydrogen-bond acceptors (Lipinski definition) is 5. The van der Waals surface area contributed by atoms with Crippen molar-refractivity contribution >= 4 is 34.2 Å². The van der Waals surface area contributed by atoms with Crippen LogP contribution in [0.15, 0.2) is 36.4 Å². The van der Waals surface area contributed by atoms with Crippen molar-refractivity contribution in [3.8, 4) is 11.5 Å². The topological polar surface area (TPSA) is 69.4 Å². The summed E-state index contributed by atoms with van der Waals surface area (Å²) in [4.78, 5) is 23.4. The second-order valence-corrected chi connectivity index (χ2v) is 9.72. The molecule has 0 amide bonds. The SMILES string of the molecule is O=C(Cc1cc(Oc2ccc(CCC(F)(F)F)cc2Cl)ccc1[N+](=O)[O-])SC1CCCCC1. The Morgan fingerprint density at radius 2 is 1.88 bits per heavy atom. The van der Waals surface area contributed by atoms with Crippen LogP contribution in [0.1, 0.15) is 49.7 Å². The van der Waals surface area contributed by atoms with Crippen molar-refractivity contribution in [2.75, 3.05) is 0 Å². The van der Waals surface area contributed by atoms with E-state index in [1.165, 1.54) is 54.6 Å². The number of carbonyl (C=O) groups is 1. The van der Waals surface area contributed by atoms with Crippen LogP contribution in [0.3, 0.4) is 0 Å². The average molecular weight is 502 g/mol. The minimum absolute atomic E-state index is 0.0984. The van der Waals surface area contributed by atoms with Crippen molar-refractivity contribution in [1.82, 2.24) is 0 Å². The normalized spacial score (nSPS) is 14.8. The van der Waals surface area contributed by atoms with Gasteiger partial charge in [0, 0.05) is 29.7 Å². The van der Waals surface area contributed by atoms with Crippen molar-refractivity contribution < 1.29 is 27.6 Å². The van der Waals surface area contributed by atoms with Crippen molar-refractivity contribution in [2.45, 2.75) is 62.8 Å². The maximum absolute atomic E-state index is 12.5. The Morgan fingerprint density at radius 3 is 2.52 bits per heavy atom. The highest BCUT2D eigenvalue weighted by Gasteiger charge is 2.26. The summed E-state index contributed by atoms with van der Waals surface area (Å²) in [6.07, 6.45) is -0.231.